The van der Waals surface area contributed by atoms with Gasteiger partial charge in [-0.1, -0.05) is 11.8 Å². The summed E-state index contributed by atoms with van der Waals surface area (Å²) < 4.78 is 1.25. The predicted octanol–water partition coefficient (Wildman–Crippen LogP) is 3.69. The van der Waals surface area contributed by atoms with Crippen LogP contribution < -0.4 is 0 Å². The van der Waals surface area contributed by atoms with Gasteiger partial charge < -0.3 is 0 Å². The van der Waals surface area contributed by atoms with Crippen molar-refractivity contribution in [3.63, 3.8) is 0 Å². The fourth-order valence-corrected chi connectivity index (χ4v) is 1.15. The zero-order valence-electron chi connectivity index (χ0n) is 8.19. The maximum atomic E-state index is 3.21. The molecule has 0 amide bonds. The molecule has 0 heterocycles. The summed E-state index contributed by atoms with van der Waals surface area (Å²) in [4.78, 5) is 0. The highest BCUT2D eigenvalue weighted by Crippen LogP contribution is 2.11. The first-order chi connectivity index (χ1) is 5.97. The second-order valence-corrected chi connectivity index (χ2v) is 5.25. The lowest BCUT2D eigenvalue weighted by Gasteiger charge is -2.06. The molecule has 0 aliphatic rings. The van der Waals surface area contributed by atoms with E-state index in [0.717, 1.165) is 5.56 Å². The van der Waals surface area contributed by atoms with Crippen LogP contribution in [0.3, 0.4) is 0 Å². The number of halogens is 1. The van der Waals surface area contributed by atoms with Gasteiger partial charge in [-0.3, -0.25) is 0 Å². The number of hydrogen-bond donors (Lipinski definition) is 0. The number of hydrogen-bond acceptors (Lipinski definition) is 0. The van der Waals surface area contributed by atoms with Crippen LogP contribution >= 0.6 is 22.6 Å². The third kappa shape index (κ3) is 4.33. The zero-order valence-corrected chi connectivity index (χ0v) is 10.3. The van der Waals surface area contributed by atoms with Gasteiger partial charge in [0.05, 0.1) is 0 Å². The van der Waals surface area contributed by atoms with Crippen molar-refractivity contribution in [3.05, 3.63) is 33.4 Å². The summed E-state index contributed by atoms with van der Waals surface area (Å²) >= 11 is 2.29. The second kappa shape index (κ2) is 4.15. The minimum atomic E-state index is 0.0863. The lowest BCUT2D eigenvalue weighted by Crippen LogP contribution is -1.99. The zero-order chi connectivity index (χ0) is 9.90. The summed E-state index contributed by atoms with van der Waals surface area (Å²) in [5.74, 6) is 6.36. The molecule has 13 heavy (non-hydrogen) atoms. The highest BCUT2D eigenvalue weighted by atomic mass is 127. The quantitative estimate of drug-likeness (QED) is 0.503. The maximum Gasteiger partial charge on any atom is 0.0246 e. The lowest BCUT2D eigenvalue weighted by atomic mass is 9.97. The molecular formula is C12H13I. The molecule has 0 saturated heterocycles. The van der Waals surface area contributed by atoms with Crippen LogP contribution in [0.15, 0.2) is 24.3 Å². The summed E-state index contributed by atoms with van der Waals surface area (Å²) in [5, 5.41) is 0. The van der Waals surface area contributed by atoms with Gasteiger partial charge in [0.1, 0.15) is 0 Å². The normalized spacial score (nSPS) is 10.5. The molecule has 1 aromatic carbocycles. The Morgan fingerprint density at radius 3 is 2.08 bits per heavy atom. The molecule has 0 aliphatic heterocycles. The van der Waals surface area contributed by atoms with Crippen LogP contribution in [0.4, 0.5) is 0 Å². The van der Waals surface area contributed by atoms with E-state index in [1.165, 1.54) is 3.57 Å². The van der Waals surface area contributed by atoms with Crippen LogP contribution in [-0.4, -0.2) is 0 Å². The van der Waals surface area contributed by atoms with E-state index in [4.69, 9.17) is 0 Å². The fraction of sp³-hybridized carbons (Fsp3) is 0.333. The van der Waals surface area contributed by atoms with Gasteiger partial charge >= 0.3 is 0 Å². The lowest BCUT2D eigenvalue weighted by molar-refractivity contribution is 0.571. The van der Waals surface area contributed by atoms with Gasteiger partial charge in [0, 0.05) is 14.5 Å². The SMILES string of the molecule is CC(C)(C)C#Cc1ccc(I)cc1. The first-order valence-corrected chi connectivity index (χ1v) is 5.34. The van der Waals surface area contributed by atoms with Crippen molar-refractivity contribution >= 4 is 22.6 Å². The Kier molecular flexibility index (Phi) is 3.38. The summed E-state index contributed by atoms with van der Waals surface area (Å²) in [6, 6.07) is 8.27. The number of rotatable bonds is 0. The molecule has 0 radical (unpaired) electrons. The van der Waals surface area contributed by atoms with Crippen LogP contribution in [-0.2, 0) is 0 Å². The standard InChI is InChI=1S/C12H13I/c1-12(2,3)9-8-10-4-6-11(13)7-5-10/h4-7H,1-3H3. The molecule has 0 unspecified atom stereocenters. The summed E-state index contributed by atoms with van der Waals surface area (Å²) in [7, 11) is 0. The van der Waals surface area contributed by atoms with Crippen molar-refractivity contribution in [2.24, 2.45) is 5.41 Å². The van der Waals surface area contributed by atoms with Gasteiger partial charge in [-0.2, -0.15) is 0 Å². The van der Waals surface area contributed by atoms with Crippen LogP contribution in [0.5, 0.6) is 0 Å². The Labute approximate surface area is 93.9 Å². The summed E-state index contributed by atoms with van der Waals surface area (Å²) in [5.41, 5.74) is 1.18. The molecule has 0 atom stereocenters. The van der Waals surface area contributed by atoms with E-state index < -0.39 is 0 Å². The smallest absolute Gasteiger partial charge is 0.0246 e. The Morgan fingerprint density at radius 2 is 1.62 bits per heavy atom. The molecule has 0 bridgehead atoms. The number of benzene rings is 1. The van der Waals surface area contributed by atoms with E-state index in [2.05, 4.69) is 79.5 Å². The van der Waals surface area contributed by atoms with Crippen LogP contribution in [0.2, 0.25) is 0 Å². The molecule has 0 saturated carbocycles. The fourth-order valence-electron chi connectivity index (χ4n) is 0.793. The average Bonchev–Trinajstić information content (AvgIpc) is 2.02. The molecule has 0 spiro atoms. The molecule has 0 fully saturated rings. The van der Waals surface area contributed by atoms with E-state index >= 15 is 0 Å². The highest BCUT2D eigenvalue weighted by molar-refractivity contribution is 14.1. The van der Waals surface area contributed by atoms with E-state index in [1.807, 2.05) is 0 Å². The minimum absolute atomic E-state index is 0.0863. The van der Waals surface area contributed by atoms with Crippen molar-refractivity contribution in [3.8, 4) is 11.8 Å². The minimum Gasteiger partial charge on any atom is -0.0920 e. The van der Waals surface area contributed by atoms with E-state index in [0.29, 0.717) is 0 Å². The second-order valence-electron chi connectivity index (χ2n) is 4.01. The van der Waals surface area contributed by atoms with Gasteiger partial charge in [0.15, 0.2) is 0 Å². The Morgan fingerprint density at radius 1 is 1.08 bits per heavy atom. The van der Waals surface area contributed by atoms with Gasteiger partial charge in [-0.15, -0.1) is 0 Å². The van der Waals surface area contributed by atoms with Crippen molar-refractivity contribution in [1.29, 1.82) is 0 Å². The molecule has 0 aliphatic carbocycles. The first-order valence-electron chi connectivity index (χ1n) is 4.26. The van der Waals surface area contributed by atoms with Gasteiger partial charge in [-0.25, -0.2) is 0 Å². The van der Waals surface area contributed by atoms with Crippen LogP contribution in [0, 0.1) is 20.8 Å². The van der Waals surface area contributed by atoms with Gasteiger partial charge in [-0.05, 0) is 67.6 Å². The van der Waals surface area contributed by atoms with Gasteiger partial charge in [0.2, 0.25) is 0 Å². The molecule has 0 aromatic heterocycles. The molecule has 0 nitrogen and oxygen atoms in total. The molecule has 0 N–H and O–H groups in total. The van der Waals surface area contributed by atoms with Crippen molar-refractivity contribution in [1.82, 2.24) is 0 Å². The Hall–Kier alpha value is -0.490. The largest absolute Gasteiger partial charge is 0.0920 e. The maximum absolute atomic E-state index is 3.21. The van der Waals surface area contributed by atoms with Gasteiger partial charge in [0.25, 0.3) is 0 Å². The highest BCUT2D eigenvalue weighted by Gasteiger charge is 2.02. The third-order valence-electron chi connectivity index (χ3n) is 1.43. The summed E-state index contributed by atoms with van der Waals surface area (Å²) in [6.45, 7) is 6.35. The van der Waals surface area contributed by atoms with Crippen molar-refractivity contribution in [2.45, 2.75) is 20.8 Å². The van der Waals surface area contributed by atoms with Crippen LogP contribution in [0.1, 0.15) is 26.3 Å². The first kappa shape index (κ1) is 10.6. The molecule has 68 valence electrons. The summed E-state index contributed by atoms with van der Waals surface area (Å²) in [6.07, 6.45) is 0. The monoisotopic (exact) mass is 284 g/mol. The van der Waals surface area contributed by atoms with E-state index in [9.17, 15) is 0 Å². The van der Waals surface area contributed by atoms with Crippen molar-refractivity contribution < 1.29 is 0 Å². The molecule has 1 rings (SSSR count). The molecule has 1 aromatic rings. The molecular weight excluding hydrogens is 271 g/mol. The van der Waals surface area contributed by atoms with Crippen molar-refractivity contribution in [2.75, 3.05) is 0 Å². The predicted molar refractivity (Wildman–Crippen MR) is 65.5 cm³/mol. The topological polar surface area (TPSA) is 0 Å². The van der Waals surface area contributed by atoms with E-state index in [-0.39, 0.29) is 5.41 Å². The Bertz CT molecular complexity index is 330. The third-order valence-corrected chi connectivity index (χ3v) is 2.15. The molecule has 1 heteroatoms. The van der Waals surface area contributed by atoms with E-state index in [1.54, 1.807) is 0 Å². The average molecular weight is 284 g/mol. The van der Waals surface area contributed by atoms with Crippen LogP contribution in [0.25, 0.3) is 0 Å². The Balaban J connectivity index is 2.85.